The van der Waals surface area contributed by atoms with Gasteiger partial charge in [-0.2, -0.15) is 0 Å². The smallest absolute Gasteiger partial charge is 0.330 e. The van der Waals surface area contributed by atoms with Gasteiger partial charge in [0.15, 0.2) is 18.2 Å². The van der Waals surface area contributed by atoms with Crippen LogP contribution in [-0.4, -0.2) is 120 Å². The number of fused-ring (bicyclic) bond motifs is 1. The van der Waals surface area contributed by atoms with Crippen molar-refractivity contribution in [3.63, 3.8) is 0 Å². The Morgan fingerprint density at radius 3 is 2.11 bits per heavy atom. The summed E-state index contributed by atoms with van der Waals surface area (Å²) in [6.45, 7) is 0.741. The summed E-state index contributed by atoms with van der Waals surface area (Å²) in [5, 5.41) is 93.4. The van der Waals surface area contributed by atoms with Crippen molar-refractivity contribution in [1.29, 1.82) is 0 Å². The van der Waals surface area contributed by atoms with E-state index in [0.29, 0.717) is 5.56 Å². The van der Waals surface area contributed by atoms with Crippen molar-refractivity contribution in [3.05, 3.63) is 82.5 Å². The lowest BCUT2D eigenvalue weighted by molar-refractivity contribution is -0.355. The zero-order chi connectivity index (χ0) is 38.1. The summed E-state index contributed by atoms with van der Waals surface area (Å²) in [5.74, 6) is -2.90. The van der Waals surface area contributed by atoms with Crippen LogP contribution in [0.3, 0.4) is 0 Å². The maximum Gasteiger partial charge on any atom is 0.330 e. The standard InChI is InChI=1S/C36H36O17/c1-15-26(42)30(46)34(53-35-31(47)29(45)27(43)23(51-35)14-48-24(41)11-4-16-2-7-18(37)8-3-16)36(49-15)52-33-28(44)25-21(40)12-20(39)13-22(25)50-32(33)17-5-9-19(38)10-6-17/h2-13,15,23,26-27,29-31,34-40,42-43,45-47H,14H2,1H3/b11-4+/t15-,23+,26-,27+,29-,30+,31+,34?,35-,36-/m0/s1. The van der Waals surface area contributed by atoms with Crippen LogP contribution in [0.15, 0.2) is 76.0 Å². The Kier molecular flexibility index (Phi) is 10.9. The van der Waals surface area contributed by atoms with E-state index in [0.717, 1.165) is 18.2 Å². The number of carbonyl (C=O) groups excluding carboxylic acids is 1. The summed E-state index contributed by atoms with van der Waals surface area (Å²) in [7, 11) is 0. The van der Waals surface area contributed by atoms with E-state index in [-0.39, 0.29) is 28.4 Å². The van der Waals surface area contributed by atoms with Crippen molar-refractivity contribution < 1.29 is 78.9 Å². The Labute approximate surface area is 299 Å². The number of esters is 1. The Balaban J connectivity index is 1.27. The molecule has 3 aromatic carbocycles. The maximum absolute atomic E-state index is 13.9. The van der Waals surface area contributed by atoms with Crippen molar-refractivity contribution in [3.8, 4) is 40.1 Å². The Morgan fingerprint density at radius 1 is 0.774 bits per heavy atom. The van der Waals surface area contributed by atoms with Gasteiger partial charge in [0.1, 0.15) is 77.2 Å². The molecule has 282 valence electrons. The number of rotatable bonds is 9. The van der Waals surface area contributed by atoms with Crippen LogP contribution >= 0.6 is 0 Å². The predicted molar refractivity (Wildman–Crippen MR) is 180 cm³/mol. The normalized spacial score (nSPS) is 28.9. The summed E-state index contributed by atoms with van der Waals surface area (Å²) in [4.78, 5) is 26.3. The molecule has 2 fully saturated rings. The third-order valence-electron chi connectivity index (χ3n) is 8.72. The first-order valence-electron chi connectivity index (χ1n) is 16.2. The summed E-state index contributed by atoms with van der Waals surface area (Å²) < 4.78 is 34.3. The maximum atomic E-state index is 13.9. The first kappa shape index (κ1) is 37.5. The summed E-state index contributed by atoms with van der Waals surface area (Å²) in [6, 6.07) is 13.2. The van der Waals surface area contributed by atoms with Gasteiger partial charge < -0.3 is 74.1 Å². The first-order valence-corrected chi connectivity index (χ1v) is 16.2. The van der Waals surface area contributed by atoms with E-state index in [1.165, 1.54) is 49.4 Å². The molecule has 10 atom stereocenters. The van der Waals surface area contributed by atoms with Gasteiger partial charge in [-0.15, -0.1) is 0 Å². The third kappa shape index (κ3) is 7.92. The average molecular weight is 741 g/mol. The molecule has 4 aromatic rings. The van der Waals surface area contributed by atoms with Gasteiger partial charge in [0.2, 0.25) is 17.5 Å². The molecule has 0 saturated carbocycles. The Morgan fingerprint density at radius 2 is 1.43 bits per heavy atom. The number of hydrogen-bond donors (Lipinski definition) is 9. The molecule has 0 bridgehead atoms. The number of aliphatic hydroxyl groups is 5. The third-order valence-corrected chi connectivity index (χ3v) is 8.72. The van der Waals surface area contributed by atoms with Crippen molar-refractivity contribution in [2.75, 3.05) is 6.61 Å². The predicted octanol–water partition coefficient (Wildman–Crippen LogP) is 0.577. The van der Waals surface area contributed by atoms with Gasteiger partial charge >= 0.3 is 5.97 Å². The lowest BCUT2D eigenvalue weighted by atomic mass is 9.97. The second kappa shape index (κ2) is 15.4. The molecule has 0 amide bonds. The minimum absolute atomic E-state index is 0.0280. The van der Waals surface area contributed by atoms with Crippen LogP contribution in [-0.2, 0) is 23.7 Å². The number of aromatic hydroxyl groups is 4. The monoisotopic (exact) mass is 740 g/mol. The quantitative estimate of drug-likeness (QED) is 0.0838. The molecule has 1 unspecified atom stereocenters. The lowest BCUT2D eigenvalue weighted by Gasteiger charge is -2.45. The number of ether oxygens (including phenoxy) is 5. The van der Waals surface area contributed by atoms with Gasteiger partial charge in [-0.05, 0) is 55.0 Å². The van der Waals surface area contributed by atoms with Gasteiger partial charge in [0.25, 0.3) is 0 Å². The zero-order valence-electron chi connectivity index (χ0n) is 27.7. The highest BCUT2D eigenvalue weighted by Crippen LogP contribution is 2.38. The number of hydrogen-bond acceptors (Lipinski definition) is 17. The molecule has 0 spiro atoms. The number of phenolic OH excluding ortho intramolecular Hbond substituents is 4. The largest absolute Gasteiger partial charge is 0.508 e. The number of phenols is 4. The Hall–Kier alpha value is -5.24. The van der Waals surface area contributed by atoms with E-state index in [1.807, 2.05) is 0 Å². The second-order valence-electron chi connectivity index (χ2n) is 12.5. The van der Waals surface area contributed by atoms with E-state index in [1.54, 1.807) is 12.1 Å². The molecule has 0 radical (unpaired) electrons. The first-order chi connectivity index (χ1) is 25.2. The van der Waals surface area contributed by atoms with Crippen molar-refractivity contribution in [1.82, 2.24) is 0 Å². The molecule has 17 nitrogen and oxygen atoms in total. The van der Waals surface area contributed by atoms with Crippen molar-refractivity contribution in [2.24, 2.45) is 0 Å². The highest BCUT2D eigenvalue weighted by atomic mass is 16.8. The molecule has 17 heteroatoms. The summed E-state index contributed by atoms with van der Waals surface area (Å²) in [6.07, 6.45) is -14.8. The second-order valence-corrected chi connectivity index (χ2v) is 12.5. The minimum Gasteiger partial charge on any atom is -0.508 e. The van der Waals surface area contributed by atoms with E-state index >= 15 is 0 Å². The van der Waals surface area contributed by atoms with Gasteiger partial charge in [0, 0.05) is 23.8 Å². The van der Waals surface area contributed by atoms with Crippen molar-refractivity contribution >= 4 is 23.0 Å². The van der Waals surface area contributed by atoms with Crippen LogP contribution < -0.4 is 10.2 Å². The molecule has 2 aliphatic heterocycles. The lowest BCUT2D eigenvalue weighted by Crippen LogP contribution is -2.64. The van der Waals surface area contributed by atoms with Crippen molar-refractivity contribution in [2.45, 2.75) is 68.3 Å². The zero-order valence-corrected chi connectivity index (χ0v) is 27.7. The number of aliphatic hydroxyl groups excluding tert-OH is 5. The van der Waals surface area contributed by atoms with Gasteiger partial charge in [0.05, 0.1) is 6.10 Å². The van der Waals surface area contributed by atoms with E-state index in [2.05, 4.69) is 0 Å². The molecule has 0 aliphatic carbocycles. The van der Waals surface area contributed by atoms with Crippen LogP contribution in [0, 0.1) is 0 Å². The van der Waals surface area contributed by atoms with Crippen LogP contribution in [0.4, 0.5) is 0 Å². The average Bonchev–Trinajstić information content (AvgIpc) is 3.12. The fraction of sp³-hybridized carbons (Fsp3) is 0.333. The van der Waals surface area contributed by atoms with Gasteiger partial charge in [-0.3, -0.25) is 4.79 Å². The van der Waals surface area contributed by atoms with Gasteiger partial charge in [-0.25, -0.2) is 4.79 Å². The highest BCUT2D eigenvalue weighted by molar-refractivity contribution is 5.88. The number of benzene rings is 3. The van der Waals surface area contributed by atoms with E-state index in [9.17, 15) is 55.5 Å². The molecule has 2 saturated heterocycles. The van der Waals surface area contributed by atoms with Crippen LogP contribution in [0.2, 0.25) is 0 Å². The van der Waals surface area contributed by atoms with Gasteiger partial charge in [-0.1, -0.05) is 12.1 Å². The van der Waals surface area contributed by atoms with E-state index in [4.69, 9.17) is 28.1 Å². The van der Waals surface area contributed by atoms with Crippen LogP contribution in [0.1, 0.15) is 12.5 Å². The Bertz CT molecular complexity index is 2010. The molecule has 9 N–H and O–H groups in total. The minimum atomic E-state index is -1.97. The molecular weight excluding hydrogens is 704 g/mol. The van der Waals surface area contributed by atoms with E-state index < -0.39 is 102 Å². The topological polar surface area (TPSA) is 275 Å². The fourth-order valence-electron chi connectivity index (χ4n) is 5.82. The highest BCUT2D eigenvalue weighted by Gasteiger charge is 2.51. The molecule has 1 aromatic heterocycles. The molecular formula is C36H36O17. The molecule has 2 aliphatic rings. The molecule has 3 heterocycles. The fourth-order valence-corrected chi connectivity index (χ4v) is 5.82. The molecule has 53 heavy (non-hydrogen) atoms. The van der Waals surface area contributed by atoms with Crippen LogP contribution in [0.25, 0.3) is 28.4 Å². The summed E-state index contributed by atoms with van der Waals surface area (Å²) in [5.41, 5.74) is -0.454. The molecule has 6 rings (SSSR count). The summed E-state index contributed by atoms with van der Waals surface area (Å²) >= 11 is 0. The SMILES string of the molecule is C[C@@H]1O[C@@H](Oc2c(-c3ccc(O)cc3)oc3cc(O)cc(O)c3c2=O)C(O[C@@H]2O[C@H](COC(=O)/C=C/c3ccc(O)cc3)[C@@H](O)[C@H](O)[C@H]2O)[C@H](O)[C@H]1O. The number of carbonyl (C=O) groups is 1. The van der Waals surface area contributed by atoms with Crippen LogP contribution in [0.5, 0.6) is 28.7 Å².